The minimum Gasteiger partial charge on any atom is -0.370 e. The van der Waals surface area contributed by atoms with Crippen LogP contribution in [0.2, 0.25) is 0 Å². The highest BCUT2D eigenvalue weighted by Gasteiger charge is 2.25. The molecule has 0 heterocycles. The van der Waals surface area contributed by atoms with Gasteiger partial charge in [0.1, 0.15) is 6.04 Å². The molecule has 1 fully saturated rings. The number of nitrogens with zero attached hydrogens (tertiary/aromatic N) is 1. The van der Waals surface area contributed by atoms with Gasteiger partial charge in [0.2, 0.25) is 11.8 Å². The number of guanidine groups is 1. The Labute approximate surface area is 207 Å². The summed E-state index contributed by atoms with van der Waals surface area (Å²) in [7, 11) is 0. The number of carbonyl (C=O) groups excluding carboxylic acids is 2. The van der Waals surface area contributed by atoms with E-state index in [1.807, 2.05) is 42.5 Å². The summed E-state index contributed by atoms with van der Waals surface area (Å²) in [6.45, 7) is 0.420. The second-order valence-corrected chi connectivity index (χ2v) is 9.36. The number of nitrogens with two attached hydrogens (primary N) is 3. The molecule has 1 aliphatic rings. The standard InChI is InChI=1S/C27H38N6O2/c28-23(17-20-11-14-22(15-12-20)32-27(29)30)25(34)33-24(16-13-19-7-3-1-4-8-19)26(35)31-18-21-9-5-2-6-10-21/h2,5-6,9-12,14-15,19,23-24H,1,3-4,7-8,13,16-18,28H2,(H,31,35)(H,33,34)(H4,29,30,32)/t23-,24-/m0/s1. The molecule has 0 radical (unpaired) electrons. The molecule has 8 nitrogen and oxygen atoms in total. The second-order valence-electron chi connectivity index (χ2n) is 9.36. The van der Waals surface area contributed by atoms with E-state index in [0.29, 0.717) is 31.0 Å². The highest BCUT2D eigenvalue weighted by Crippen LogP contribution is 2.27. The van der Waals surface area contributed by atoms with Gasteiger partial charge < -0.3 is 27.8 Å². The van der Waals surface area contributed by atoms with E-state index in [0.717, 1.165) is 17.5 Å². The topological polar surface area (TPSA) is 149 Å². The molecular weight excluding hydrogens is 440 g/mol. The Kier molecular flexibility index (Phi) is 10.1. The third-order valence-electron chi connectivity index (χ3n) is 6.52. The minimum atomic E-state index is -0.775. The van der Waals surface area contributed by atoms with Gasteiger partial charge in [-0.25, -0.2) is 4.99 Å². The van der Waals surface area contributed by atoms with Crippen molar-refractivity contribution in [2.75, 3.05) is 0 Å². The van der Waals surface area contributed by atoms with Gasteiger partial charge in [-0.3, -0.25) is 9.59 Å². The first-order chi connectivity index (χ1) is 16.9. The van der Waals surface area contributed by atoms with Gasteiger partial charge >= 0.3 is 0 Å². The molecule has 0 spiro atoms. The Bertz CT molecular complexity index is 967. The molecule has 0 aromatic heterocycles. The smallest absolute Gasteiger partial charge is 0.242 e. The summed E-state index contributed by atoms with van der Waals surface area (Å²) < 4.78 is 0. The zero-order valence-electron chi connectivity index (χ0n) is 20.3. The van der Waals surface area contributed by atoms with E-state index in [4.69, 9.17) is 17.2 Å². The zero-order valence-corrected chi connectivity index (χ0v) is 20.3. The van der Waals surface area contributed by atoms with Gasteiger partial charge in [-0.15, -0.1) is 0 Å². The summed E-state index contributed by atoms with van der Waals surface area (Å²) in [5, 5.41) is 5.89. The summed E-state index contributed by atoms with van der Waals surface area (Å²) in [5.41, 5.74) is 19.5. The molecule has 1 aliphatic carbocycles. The van der Waals surface area contributed by atoms with Crippen molar-refractivity contribution in [3.05, 3.63) is 65.7 Å². The first-order valence-corrected chi connectivity index (χ1v) is 12.5. The van der Waals surface area contributed by atoms with Crippen LogP contribution >= 0.6 is 0 Å². The second kappa shape index (κ2) is 13.5. The van der Waals surface area contributed by atoms with Crippen molar-refractivity contribution in [1.29, 1.82) is 0 Å². The lowest BCUT2D eigenvalue weighted by atomic mass is 9.85. The van der Waals surface area contributed by atoms with Crippen LogP contribution in [0.3, 0.4) is 0 Å². The lowest BCUT2D eigenvalue weighted by molar-refractivity contribution is -0.130. The fourth-order valence-corrected chi connectivity index (χ4v) is 4.54. The van der Waals surface area contributed by atoms with Gasteiger partial charge in [0.05, 0.1) is 11.7 Å². The average molecular weight is 479 g/mol. The van der Waals surface area contributed by atoms with Crippen LogP contribution in [0.25, 0.3) is 0 Å². The zero-order chi connectivity index (χ0) is 25.0. The van der Waals surface area contributed by atoms with Crippen LogP contribution < -0.4 is 27.8 Å². The van der Waals surface area contributed by atoms with E-state index in [-0.39, 0.29) is 17.8 Å². The van der Waals surface area contributed by atoms with Crippen molar-refractivity contribution in [2.45, 2.75) is 70.0 Å². The van der Waals surface area contributed by atoms with E-state index in [9.17, 15) is 9.59 Å². The molecule has 35 heavy (non-hydrogen) atoms. The first-order valence-electron chi connectivity index (χ1n) is 12.5. The highest BCUT2D eigenvalue weighted by molar-refractivity contribution is 5.89. The highest BCUT2D eigenvalue weighted by atomic mass is 16.2. The lowest BCUT2D eigenvalue weighted by Crippen LogP contribution is -2.52. The molecule has 3 rings (SSSR count). The molecule has 2 amide bonds. The van der Waals surface area contributed by atoms with Crippen molar-refractivity contribution in [3.63, 3.8) is 0 Å². The Morgan fingerprint density at radius 3 is 2.26 bits per heavy atom. The molecule has 8 N–H and O–H groups in total. The molecule has 8 heteroatoms. The van der Waals surface area contributed by atoms with Crippen molar-refractivity contribution < 1.29 is 9.59 Å². The maximum atomic E-state index is 13.0. The molecule has 2 atom stereocenters. The fraction of sp³-hybridized carbons (Fsp3) is 0.444. The van der Waals surface area contributed by atoms with Crippen LogP contribution in [-0.4, -0.2) is 29.9 Å². The van der Waals surface area contributed by atoms with E-state index in [2.05, 4.69) is 15.6 Å². The molecule has 0 unspecified atom stereocenters. The van der Waals surface area contributed by atoms with Crippen LogP contribution in [-0.2, 0) is 22.6 Å². The van der Waals surface area contributed by atoms with Gasteiger partial charge in [0.15, 0.2) is 5.96 Å². The molecule has 0 saturated heterocycles. The monoisotopic (exact) mass is 478 g/mol. The van der Waals surface area contributed by atoms with E-state index < -0.39 is 12.1 Å². The maximum absolute atomic E-state index is 13.0. The van der Waals surface area contributed by atoms with Crippen LogP contribution in [0.4, 0.5) is 5.69 Å². The van der Waals surface area contributed by atoms with Gasteiger partial charge in [-0.1, -0.05) is 74.6 Å². The SMILES string of the molecule is NC(N)=Nc1ccc(C[C@H](N)C(=O)N[C@@H](CCC2CCCCC2)C(=O)NCc2ccccc2)cc1. The summed E-state index contributed by atoms with van der Waals surface area (Å²) in [5.74, 6) is 0.0923. The Balaban J connectivity index is 1.58. The van der Waals surface area contributed by atoms with Crippen LogP contribution in [0.15, 0.2) is 59.6 Å². The Morgan fingerprint density at radius 1 is 0.914 bits per heavy atom. The minimum absolute atomic E-state index is 0.0151. The van der Waals surface area contributed by atoms with Crippen molar-refractivity contribution >= 4 is 23.5 Å². The largest absolute Gasteiger partial charge is 0.370 e. The number of amides is 2. The van der Waals surface area contributed by atoms with Crippen LogP contribution in [0, 0.1) is 5.92 Å². The molecular formula is C27H38N6O2. The number of hydrogen-bond donors (Lipinski definition) is 5. The molecule has 2 aromatic rings. The molecule has 1 saturated carbocycles. The quantitative estimate of drug-likeness (QED) is 0.249. The van der Waals surface area contributed by atoms with Crippen molar-refractivity contribution in [3.8, 4) is 0 Å². The summed E-state index contributed by atoms with van der Waals surface area (Å²) in [6.07, 6.45) is 8.04. The lowest BCUT2D eigenvalue weighted by Gasteiger charge is -2.25. The van der Waals surface area contributed by atoms with Gasteiger partial charge in [-0.2, -0.15) is 0 Å². The number of aliphatic imine (C=N–C) groups is 1. The maximum Gasteiger partial charge on any atom is 0.242 e. The number of benzene rings is 2. The van der Waals surface area contributed by atoms with Crippen molar-refractivity contribution in [1.82, 2.24) is 10.6 Å². The van der Waals surface area contributed by atoms with Crippen LogP contribution in [0.5, 0.6) is 0 Å². The Hall–Kier alpha value is -3.39. The number of rotatable bonds is 11. The number of carbonyl (C=O) groups is 2. The third kappa shape index (κ3) is 9.05. The van der Waals surface area contributed by atoms with Gasteiger partial charge in [0, 0.05) is 6.54 Å². The molecule has 0 bridgehead atoms. The predicted octanol–water partition coefficient (Wildman–Crippen LogP) is 2.62. The van der Waals surface area contributed by atoms with Gasteiger partial charge in [0.25, 0.3) is 0 Å². The Morgan fingerprint density at radius 2 is 1.60 bits per heavy atom. The fourth-order valence-electron chi connectivity index (χ4n) is 4.54. The molecule has 2 aromatic carbocycles. The van der Waals surface area contributed by atoms with Gasteiger partial charge in [-0.05, 0) is 48.4 Å². The molecule has 0 aliphatic heterocycles. The average Bonchev–Trinajstić information content (AvgIpc) is 2.87. The number of hydrogen-bond acceptors (Lipinski definition) is 4. The molecule has 188 valence electrons. The summed E-state index contributed by atoms with van der Waals surface area (Å²) in [6, 6.07) is 15.6. The van der Waals surface area contributed by atoms with E-state index in [1.165, 1.54) is 32.1 Å². The summed E-state index contributed by atoms with van der Waals surface area (Å²) >= 11 is 0. The van der Waals surface area contributed by atoms with Crippen LogP contribution in [0.1, 0.15) is 56.1 Å². The summed E-state index contributed by atoms with van der Waals surface area (Å²) in [4.78, 5) is 29.9. The number of nitrogens with one attached hydrogen (secondary N) is 2. The predicted molar refractivity (Wildman–Crippen MR) is 140 cm³/mol. The third-order valence-corrected chi connectivity index (χ3v) is 6.52. The van der Waals surface area contributed by atoms with E-state index >= 15 is 0 Å². The van der Waals surface area contributed by atoms with E-state index in [1.54, 1.807) is 12.1 Å². The van der Waals surface area contributed by atoms with Crippen molar-refractivity contribution in [2.24, 2.45) is 28.1 Å². The first kappa shape index (κ1) is 26.2. The normalized spacial score (nSPS) is 15.6.